The Morgan fingerprint density at radius 2 is 1.46 bits per heavy atom. The van der Waals surface area contributed by atoms with Crippen molar-refractivity contribution in [3.63, 3.8) is 0 Å². The van der Waals surface area contributed by atoms with Crippen molar-refractivity contribution >= 4 is 21.9 Å². The maximum absolute atomic E-state index is 5.91. The molecule has 0 radical (unpaired) electrons. The van der Waals surface area contributed by atoms with E-state index in [0.717, 1.165) is 27.7 Å². The molecule has 2 aromatic carbocycles. The van der Waals surface area contributed by atoms with Crippen LogP contribution in [0.25, 0.3) is 33.1 Å². The van der Waals surface area contributed by atoms with E-state index in [1.807, 2.05) is 6.26 Å². The van der Waals surface area contributed by atoms with Gasteiger partial charge >= 0.3 is 0 Å². The lowest BCUT2D eigenvalue weighted by molar-refractivity contribution is 0.589. The molecule has 4 rings (SSSR count). The van der Waals surface area contributed by atoms with Crippen molar-refractivity contribution in [1.29, 1.82) is 0 Å². The molecule has 0 bridgehead atoms. The smallest absolute Gasteiger partial charge is 0.142 e. The molecule has 0 amide bonds. The summed E-state index contributed by atoms with van der Waals surface area (Å²) in [6, 6.07) is 12.9. The molecule has 26 heavy (non-hydrogen) atoms. The molecule has 2 heterocycles. The van der Waals surface area contributed by atoms with E-state index in [1.54, 1.807) is 6.26 Å². The zero-order chi connectivity index (χ0) is 18.7. The molecule has 0 aliphatic rings. The third-order valence-corrected chi connectivity index (χ3v) is 5.15. The van der Waals surface area contributed by atoms with Gasteiger partial charge in [-0.2, -0.15) is 0 Å². The van der Waals surface area contributed by atoms with E-state index in [1.165, 1.54) is 16.5 Å². The van der Waals surface area contributed by atoms with E-state index in [4.69, 9.17) is 8.83 Å². The van der Waals surface area contributed by atoms with E-state index >= 15 is 0 Å². The molecule has 0 N–H and O–H groups in total. The van der Waals surface area contributed by atoms with Crippen LogP contribution in [0.3, 0.4) is 0 Å². The lowest BCUT2D eigenvalue weighted by Gasteiger charge is -2.21. The third-order valence-electron chi connectivity index (χ3n) is 5.15. The second kappa shape index (κ2) is 5.51. The highest BCUT2D eigenvalue weighted by Gasteiger charge is 2.22. The predicted octanol–water partition coefficient (Wildman–Crippen LogP) is 7.44. The van der Waals surface area contributed by atoms with Crippen molar-refractivity contribution in [3.8, 4) is 11.1 Å². The lowest BCUT2D eigenvalue weighted by atomic mass is 9.83. The molecule has 0 aliphatic carbocycles. The van der Waals surface area contributed by atoms with Gasteiger partial charge in [-0.05, 0) is 40.2 Å². The number of furan rings is 2. The fourth-order valence-electron chi connectivity index (χ4n) is 3.63. The number of hydrogen-bond acceptors (Lipinski definition) is 2. The Hall–Kier alpha value is -2.48. The Kier molecular flexibility index (Phi) is 3.59. The van der Waals surface area contributed by atoms with E-state index in [2.05, 4.69) is 77.9 Å². The third kappa shape index (κ3) is 2.65. The van der Waals surface area contributed by atoms with Gasteiger partial charge in [-0.15, -0.1) is 0 Å². The molecule has 0 aliphatic heterocycles. The SMILES string of the molecule is CC(C)(C)c1ccc2occ(-c3ccc(C(C)(C)C)c4ccoc34)c2c1. The van der Waals surface area contributed by atoms with Crippen LogP contribution >= 0.6 is 0 Å². The molecule has 0 saturated heterocycles. The molecule has 2 aromatic heterocycles. The fraction of sp³-hybridized carbons (Fsp3) is 0.333. The molecule has 2 nitrogen and oxygen atoms in total. The van der Waals surface area contributed by atoms with Gasteiger partial charge in [0.1, 0.15) is 11.2 Å². The average Bonchev–Trinajstić information content (AvgIpc) is 3.18. The zero-order valence-electron chi connectivity index (χ0n) is 16.4. The molecule has 2 heteroatoms. The number of benzene rings is 2. The highest BCUT2D eigenvalue weighted by molar-refractivity contribution is 6.03. The van der Waals surface area contributed by atoms with Crippen molar-refractivity contribution in [2.24, 2.45) is 0 Å². The Morgan fingerprint density at radius 3 is 2.15 bits per heavy atom. The Balaban J connectivity index is 1.98. The zero-order valence-corrected chi connectivity index (χ0v) is 16.4. The van der Waals surface area contributed by atoms with Gasteiger partial charge in [0.25, 0.3) is 0 Å². The molecule has 4 aromatic rings. The molecule has 0 spiro atoms. The summed E-state index contributed by atoms with van der Waals surface area (Å²) in [5, 5.41) is 2.31. The minimum absolute atomic E-state index is 0.0680. The van der Waals surface area contributed by atoms with E-state index in [-0.39, 0.29) is 10.8 Å². The van der Waals surface area contributed by atoms with Crippen LogP contribution in [0.15, 0.2) is 57.8 Å². The van der Waals surface area contributed by atoms with Gasteiger partial charge in [0.15, 0.2) is 0 Å². The topological polar surface area (TPSA) is 26.3 Å². The van der Waals surface area contributed by atoms with Crippen LogP contribution in [0.5, 0.6) is 0 Å². The Bertz CT molecular complexity index is 1090. The summed E-state index contributed by atoms with van der Waals surface area (Å²) in [5.41, 5.74) is 6.78. The summed E-state index contributed by atoms with van der Waals surface area (Å²) in [7, 11) is 0. The first-order valence-electron chi connectivity index (χ1n) is 9.19. The average molecular weight is 346 g/mol. The van der Waals surface area contributed by atoms with Crippen LogP contribution < -0.4 is 0 Å². The molecular weight excluding hydrogens is 320 g/mol. The molecule has 0 fully saturated rings. The highest BCUT2D eigenvalue weighted by atomic mass is 16.3. The summed E-state index contributed by atoms with van der Waals surface area (Å²) in [6.07, 6.45) is 3.64. The molecule has 0 saturated carbocycles. The van der Waals surface area contributed by atoms with Crippen molar-refractivity contribution in [3.05, 3.63) is 60.1 Å². The molecule has 0 atom stereocenters. The first kappa shape index (κ1) is 17.0. The second-order valence-corrected chi connectivity index (χ2v) is 9.18. The first-order chi connectivity index (χ1) is 12.2. The van der Waals surface area contributed by atoms with Crippen LogP contribution in [-0.2, 0) is 10.8 Å². The van der Waals surface area contributed by atoms with Crippen molar-refractivity contribution in [2.45, 2.75) is 52.4 Å². The second-order valence-electron chi connectivity index (χ2n) is 9.18. The van der Waals surface area contributed by atoms with Crippen LogP contribution in [0.4, 0.5) is 0 Å². The van der Waals surface area contributed by atoms with Crippen LogP contribution in [0.2, 0.25) is 0 Å². The van der Waals surface area contributed by atoms with Crippen molar-refractivity contribution in [2.75, 3.05) is 0 Å². The van der Waals surface area contributed by atoms with E-state index in [0.29, 0.717) is 0 Å². The minimum atomic E-state index is 0.0680. The van der Waals surface area contributed by atoms with Crippen LogP contribution in [0.1, 0.15) is 52.7 Å². The first-order valence-corrected chi connectivity index (χ1v) is 9.19. The lowest BCUT2D eigenvalue weighted by Crippen LogP contribution is -2.11. The molecular formula is C24H26O2. The summed E-state index contributed by atoms with van der Waals surface area (Å²) in [5.74, 6) is 0. The van der Waals surface area contributed by atoms with Crippen molar-refractivity contribution < 1.29 is 8.83 Å². The predicted molar refractivity (Wildman–Crippen MR) is 109 cm³/mol. The van der Waals surface area contributed by atoms with Gasteiger partial charge in [0, 0.05) is 21.9 Å². The minimum Gasteiger partial charge on any atom is -0.464 e. The molecule has 134 valence electrons. The number of fused-ring (bicyclic) bond motifs is 2. The Labute approximate surface area is 154 Å². The molecule has 0 unspecified atom stereocenters. The van der Waals surface area contributed by atoms with E-state index in [9.17, 15) is 0 Å². The number of hydrogen-bond donors (Lipinski definition) is 0. The van der Waals surface area contributed by atoms with Gasteiger partial charge < -0.3 is 8.83 Å². The monoisotopic (exact) mass is 346 g/mol. The number of rotatable bonds is 1. The summed E-state index contributed by atoms with van der Waals surface area (Å²) in [4.78, 5) is 0. The summed E-state index contributed by atoms with van der Waals surface area (Å²) in [6.45, 7) is 13.4. The summed E-state index contributed by atoms with van der Waals surface area (Å²) < 4.78 is 11.8. The fourth-order valence-corrected chi connectivity index (χ4v) is 3.63. The van der Waals surface area contributed by atoms with E-state index < -0.39 is 0 Å². The van der Waals surface area contributed by atoms with Gasteiger partial charge in [-0.25, -0.2) is 0 Å². The normalized spacial score (nSPS) is 13.0. The quantitative estimate of drug-likeness (QED) is 0.358. The van der Waals surface area contributed by atoms with Gasteiger partial charge in [-0.3, -0.25) is 0 Å². The standard InChI is InChI=1S/C24H26O2/c1-23(2,3)15-7-10-21-18(13-15)19(14-26-21)16-8-9-20(24(4,5)6)17-11-12-25-22(16)17/h7-14H,1-6H3. The van der Waals surface area contributed by atoms with Crippen LogP contribution in [-0.4, -0.2) is 0 Å². The maximum atomic E-state index is 5.91. The van der Waals surface area contributed by atoms with Crippen molar-refractivity contribution in [1.82, 2.24) is 0 Å². The van der Waals surface area contributed by atoms with Gasteiger partial charge in [0.05, 0.1) is 12.5 Å². The highest BCUT2D eigenvalue weighted by Crippen LogP contribution is 2.40. The maximum Gasteiger partial charge on any atom is 0.142 e. The largest absolute Gasteiger partial charge is 0.464 e. The Morgan fingerprint density at radius 1 is 0.692 bits per heavy atom. The summed E-state index contributed by atoms with van der Waals surface area (Å²) >= 11 is 0. The van der Waals surface area contributed by atoms with Gasteiger partial charge in [-0.1, -0.05) is 59.7 Å². The van der Waals surface area contributed by atoms with Gasteiger partial charge in [0.2, 0.25) is 0 Å². The van der Waals surface area contributed by atoms with Crippen LogP contribution in [0, 0.1) is 0 Å².